The summed E-state index contributed by atoms with van der Waals surface area (Å²) < 4.78 is 23.1. The fraction of sp³-hybridized carbons (Fsp3) is 0.867. The van der Waals surface area contributed by atoms with Crippen molar-refractivity contribution >= 4 is 21.7 Å². The number of hydrogen-bond acceptors (Lipinski definition) is 4. The average molecular weight is 328 g/mol. The zero-order chi connectivity index (χ0) is 15.7. The SMILES string of the molecule is O=C(C1CCC1)N1CCCN(C(=O)C2CCS(=O)(=O)C2)CC1. The van der Waals surface area contributed by atoms with Crippen LogP contribution in [0.1, 0.15) is 32.1 Å². The molecule has 1 aliphatic carbocycles. The first-order chi connectivity index (χ1) is 10.5. The van der Waals surface area contributed by atoms with E-state index in [2.05, 4.69) is 0 Å². The predicted molar refractivity (Wildman–Crippen MR) is 81.9 cm³/mol. The Morgan fingerprint density at radius 2 is 1.36 bits per heavy atom. The first-order valence-electron chi connectivity index (χ1n) is 8.24. The minimum atomic E-state index is -3.03. The lowest BCUT2D eigenvalue weighted by Gasteiger charge is -2.31. The van der Waals surface area contributed by atoms with Crippen molar-refractivity contribution in [1.29, 1.82) is 0 Å². The molecule has 1 unspecified atom stereocenters. The topological polar surface area (TPSA) is 74.8 Å². The van der Waals surface area contributed by atoms with Crippen LogP contribution in [0.3, 0.4) is 0 Å². The zero-order valence-corrected chi connectivity index (χ0v) is 13.7. The van der Waals surface area contributed by atoms with E-state index >= 15 is 0 Å². The zero-order valence-electron chi connectivity index (χ0n) is 12.9. The number of amides is 2. The van der Waals surface area contributed by atoms with Crippen LogP contribution in [0.15, 0.2) is 0 Å². The van der Waals surface area contributed by atoms with Crippen molar-refractivity contribution in [2.24, 2.45) is 11.8 Å². The van der Waals surface area contributed by atoms with Crippen LogP contribution in [0.4, 0.5) is 0 Å². The van der Waals surface area contributed by atoms with Gasteiger partial charge < -0.3 is 9.80 Å². The summed E-state index contributed by atoms with van der Waals surface area (Å²) >= 11 is 0. The van der Waals surface area contributed by atoms with E-state index in [1.54, 1.807) is 4.90 Å². The molecule has 1 saturated carbocycles. The van der Waals surface area contributed by atoms with Crippen LogP contribution in [-0.2, 0) is 19.4 Å². The minimum Gasteiger partial charge on any atom is -0.341 e. The van der Waals surface area contributed by atoms with Gasteiger partial charge in [0, 0.05) is 32.1 Å². The van der Waals surface area contributed by atoms with Crippen molar-refractivity contribution in [2.75, 3.05) is 37.7 Å². The molecule has 1 atom stereocenters. The van der Waals surface area contributed by atoms with Crippen LogP contribution in [0.5, 0.6) is 0 Å². The lowest BCUT2D eigenvalue weighted by Crippen LogP contribution is -2.42. The third-order valence-electron chi connectivity index (χ3n) is 5.16. The molecule has 0 aromatic rings. The molecule has 0 bridgehead atoms. The molecule has 3 rings (SSSR count). The van der Waals surface area contributed by atoms with Gasteiger partial charge >= 0.3 is 0 Å². The summed E-state index contributed by atoms with van der Waals surface area (Å²) in [5, 5.41) is 0. The second-order valence-electron chi connectivity index (χ2n) is 6.73. The first-order valence-corrected chi connectivity index (χ1v) is 10.1. The Kier molecular flexibility index (Phi) is 4.43. The van der Waals surface area contributed by atoms with Crippen molar-refractivity contribution in [2.45, 2.75) is 32.1 Å². The van der Waals surface area contributed by atoms with E-state index in [9.17, 15) is 18.0 Å². The van der Waals surface area contributed by atoms with Gasteiger partial charge in [0.1, 0.15) is 0 Å². The van der Waals surface area contributed by atoms with Crippen LogP contribution in [-0.4, -0.2) is 67.7 Å². The van der Waals surface area contributed by atoms with E-state index < -0.39 is 9.84 Å². The fourth-order valence-corrected chi connectivity index (χ4v) is 5.25. The van der Waals surface area contributed by atoms with Gasteiger partial charge in [0.05, 0.1) is 17.4 Å². The highest BCUT2D eigenvalue weighted by Crippen LogP contribution is 2.29. The standard InChI is InChI=1S/C15H24N2O4S/c18-14(12-3-1-4-12)16-6-2-7-17(9-8-16)15(19)13-5-10-22(20,21)11-13/h12-13H,1-11H2. The van der Waals surface area contributed by atoms with Crippen molar-refractivity contribution in [1.82, 2.24) is 9.80 Å². The second kappa shape index (κ2) is 6.18. The van der Waals surface area contributed by atoms with Crippen LogP contribution in [0.25, 0.3) is 0 Å². The van der Waals surface area contributed by atoms with Crippen LogP contribution in [0.2, 0.25) is 0 Å². The smallest absolute Gasteiger partial charge is 0.226 e. The minimum absolute atomic E-state index is 0.00689. The average Bonchev–Trinajstić information content (AvgIpc) is 2.63. The summed E-state index contributed by atoms with van der Waals surface area (Å²) in [6.45, 7) is 2.46. The molecule has 6 nitrogen and oxygen atoms in total. The fourth-order valence-electron chi connectivity index (χ4n) is 3.52. The van der Waals surface area contributed by atoms with E-state index in [0.717, 1.165) is 25.7 Å². The van der Waals surface area contributed by atoms with Gasteiger partial charge in [-0.05, 0) is 25.7 Å². The molecule has 3 aliphatic rings. The highest BCUT2D eigenvalue weighted by molar-refractivity contribution is 7.91. The summed E-state index contributed by atoms with van der Waals surface area (Å²) in [5.74, 6) is 0.139. The summed E-state index contributed by atoms with van der Waals surface area (Å²) in [5.41, 5.74) is 0. The molecule has 0 radical (unpaired) electrons. The van der Waals surface area contributed by atoms with Gasteiger partial charge in [0.15, 0.2) is 9.84 Å². The largest absolute Gasteiger partial charge is 0.341 e. The highest BCUT2D eigenvalue weighted by atomic mass is 32.2. The molecule has 2 amide bonds. The van der Waals surface area contributed by atoms with Crippen LogP contribution in [0, 0.1) is 11.8 Å². The summed E-state index contributed by atoms with van der Waals surface area (Å²) in [6, 6.07) is 0. The maximum atomic E-state index is 12.5. The second-order valence-corrected chi connectivity index (χ2v) is 8.96. The Bertz CT molecular complexity index is 556. The number of sulfone groups is 1. The molecule has 0 N–H and O–H groups in total. The third kappa shape index (κ3) is 3.29. The molecule has 3 fully saturated rings. The molecular weight excluding hydrogens is 304 g/mol. The summed E-state index contributed by atoms with van der Waals surface area (Å²) in [6.07, 6.45) is 4.37. The number of carbonyl (C=O) groups is 2. The van der Waals surface area contributed by atoms with Crippen molar-refractivity contribution in [3.63, 3.8) is 0 Å². The molecule has 22 heavy (non-hydrogen) atoms. The van der Waals surface area contributed by atoms with Crippen molar-refractivity contribution in [3.8, 4) is 0 Å². The third-order valence-corrected chi connectivity index (χ3v) is 6.92. The lowest BCUT2D eigenvalue weighted by atomic mass is 9.84. The summed E-state index contributed by atoms with van der Waals surface area (Å²) in [7, 11) is -3.03. The monoisotopic (exact) mass is 328 g/mol. The predicted octanol–water partition coefficient (Wildman–Crippen LogP) is 0.282. The van der Waals surface area contributed by atoms with Crippen LogP contribution < -0.4 is 0 Å². The summed E-state index contributed by atoms with van der Waals surface area (Å²) in [4.78, 5) is 28.4. The molecule has 0 spiro atoms. The van der Waals surface area contributed by atoms with Gasteiger partial charge in [-0.3, -0.25) is 9.59 Å². The molecule has 0 aromatic carbocycles. The normalized spacial score (nSPS) is 29.0. The number of rotatable bonds is 2. The Hall–Kier alpha value is -1.11. The Morgan fingerprint density at radius 1 is 0.773 bits per heavy atom. The molecule has 2 aliphatic heterocycles. The maximum Gasteiger partial charge on any atom is 0.226 e. The lowest BCUT2D eigenvalue weighted by molar-refractivity contribution is -0.139. The van der Waals surface area contributed by atoms with Gasteiger partial charge in [-0.2, -0.15) is 0 Å². The number of hydrogen-bond donors (Lipinski definition) is 0. The molecule has 2 saturated heterocycles. The van der Waals surface area contributed by atoms with Gasteiger partial charge in [0.2, 0.25) is 11.8 Å². The van der Waals surface area contributed by atoms with Gasteiger partial charge in [-0.1, -0.05) is 6.42 Å². The van der Waals surface area contributed by atoms with Crippen LogP contribution >= 0.6 is 0 Å². The van der Waals surface area contributed by atoms with Gasteiger partial charge in [-0.25, -0.2) is 8.42 Å². The highest BCUT2D eigenvalue weighted by Gasteiger charge is 2.36. The van der Waals surface area contributed by atoms with E-state index in [0.29, 0.717) is 32.6 Å². The van der Waals surface area contributed by atoms with E-state index in [1.807, 2.05) is 4.90 Å². The Labute approximate surface area is 131 Å². The van der Waals surface area contributed by atoms with Gasteiger partial charge in [-0.15, -0.1) is 0 Å². The van der Waals surface area contributed by atoms with Gasteiger partial charge in [0.25, 0.3) is 0 Å². The molecule has 2 heterocycles. The quantitative estimate of drug-likeness (QED) is 0.730. The number of carbonyl (C=O) groups excluding carboxylic acids is 2. The Balaban J connectivity index is 1.56. The maximum absolute atomic E-state index is 12.5. The molecular formula is C15H24N2O4S. The van der Waals surface area contributed by atoms with Crippen molar-refractivity contribution in [3.05, 3.63) is 0 Å². The van der Waals surface area contributed by atoms with E-state index in [-0.39, 0.29) is 35.2 Å². The first kappa shape index (κ1) is 15.8. The Morgan fingerprint density at radius 3 is 1.82 bits per heavy atom. The number of nitrogens with zero attached hydrogens (tertiary/aromatic N) is 2. The molecule has 0 aromatic heterocycles. The van der Waals surface area contributed by atoms with E-state index in [1.165, 1.54) is 0 Å². The molecule has 7 heteroatoms. The van der Waals surface area contributed by atoms with E-state index in [4.69, 9.17) is 0 Å². The van der Waals surface area contributed by atoms with Crippen molar-refractivity contribution < 1.29 is 18.0 Å². The molecule has 124 valence electrons.